The minimum atomic E-state index is -0.763. The molecule has 2 aliphatic rings. The zero-order valence-corrected chi connectivity index (χ0v) is 17.6. The molecule has 5 nitrogen and oxygen atoms in total. The Labute approximate surface area is 181 Å². The zero-order chi connectivity index (χ0) is 20.9. The highest BCUT2D eigenvalue weighted by molar-refractivity contribution is 8.03. The predicted octanol–water partition coefficient (Wildman–Crippen LogP) is 4.75. The van der Waals surface area contributed by atoms with Crippen molar-refractivity contribution in [3.05, 3.63) is 82.8 Å². The highest BCUT2D eigenvalue weighted by Gasteiger charge is 2.50. The molecule has 2 amide bonds. The number of nitrogens with zero attached hydrogens (tertiary/aromatic N) is 2. The van der Waals surface area contributed by atoms with Gasteiger partial charge in [0.25, 0.3) is 0 Å². The fourth-order valence-corrected chi connectivity index (χ4v) is 5.60. The lowest BCUT2D eigenvalue weighted by molar-refractivity contribution is -0.137. The Kier molecular flexibility index (Phi) is 6.43. The van der Waals surface area contributed by atoms with Crippen LogP contribution in [0.15, 0.2) is 71.6 Å². The zero-order valence-electron chi connectivity index (χ0n) is 16.8. The molecule has 0 saturated carbocycles. The molecule has 6 heteroatoms. The van der Waals surface area contributed by atoms with Crippen molar-refractivity contribution in [2.24, 2.45) is 0 Å². The maximum Gasteiger partial charge on any atom is 0.321 e. The van der Waals surface area contributed by atoms with E-state index in [2.05, 4.69) is 30.3 Å². The monoisotopic (exact) mass is 422 g/mol. The molecule has 4 rings (SSSR count). The second-order valence-corrected chi connectivity index (χ2v) is 8.82. The number of fused-ring (bicyclic) bond motifs is 1. The first kappa shape index (κ1) is 20.5. The van der Waals surface area contributed by atoms with Crippen LogP contribution in [0.25, 0.3) is 0 Å². The standard InChI is InChI=1S/C24H26N2O3S/c27-22(28)14-8-7-13-21-23-20(17-30-21)25(15-18-9-3-1-4-10-18)24(29)26(23)16-19-11-5-2-6-12-19/h1-6,9-13,20,23H,7-8,14-17H2,(H,27,28)/b21-13+. The van der Waals surface area contributed by atoms with Gasteiger partial charge in [0, 0.05) is 30.2 Å². The number of aliphatic carboxylic acids is 1. The Balaban J connectivity index is 1.56. The van der Waals surface area contributed by atoms with E-state index in [1.807, 2.05) is 46.2 Å². The number of benzene rings is 2. The maximum atomic E-state index is 13.4. The molecular weight excluding hydrogens is 396 g/mol. The number of carboxylic acids is 1. The quantitative estimate of drug-likeness (QED) is 0.493. The van der Waals surface area contributed by atoms with E-state index in [0.717, 1.165) is 23.3 Å². The van der Waals surface area contributed by atoms with Crippen molar-refractivity contribution in [3.8, 4) is 0 Å². The van der Waals surface area contributed by atoms with Gasteiger partial charge in [0.05, 0.1) is 12.1 Å². The lowest BCUT2D eigenvalue weighted by Crippen LogP contribution is -2.35. The molecule has 2 atom stereocenters. The number of urea groups is 1. The Morgan fingerprint density at radius 3 is 2.20 bits per heavy atom. The first-order chi connectivity index (χ1) is 14.6. The minimum absolute atomic E-state index is 0.0382. The molecule has 2 aromatic carbocycles. The number of hydrogen-bond acceptors (Lipinski definition) is 3. The second kappa shape index (κ2) is 9.39. The molecule has 30 heavy (non-hydrogen) atoms. The number of carbonyl (C=O) groups is 2. The van der Waals surface area contributed by atoms with Crippen molar-refractivity contribution in [1.29, 1.82) is 0 Å². The highest BCUT2D eigenvalue weighted by atomic mass is 32.2. The molecule has 0 bridgehead atoms. The molecule has 2 aromatic rings. The van der Waals surface area contributed by atoms with Gasteiger partial charge in [-0.15, -0.1) is 11.8 Å². The summed E-state index contributed by atoms with van der Waals surface area (Å²) in [6, 6.07) is 20.5. The van der Waals surface area contributed by atoms with Crippen LogP contribution in [0, 0.1) is 0 Å². The van der Waals surface area contributed by atoms with Crippen LogP contribution in [0.5, 0.6) is 0 Å². The molecule has 2 saturated heterocycles. The fraction of sp³-hybridized carbons (Fsp3) is 0.333. The number of allylic oxidation sites excluding steroid dienone is 1. The van der Waals surface area contributed by atoms with Crippen LogP contribution in [0.4, 0.5) is 4.79 Å². The van der Waals surface area contributed by atoms with E-state index in [0.29, 0.717) is 19.5 Å². The van der Waals surface area contributed by atoms with E-state index in [1.165, 1.54) is 4.91 Å². The summed E-state index contributed by atoms with van der Waals surface area (Å²) in [7, 11) is 0. The molecular formula is C24H26N2O3S. The molecule has 156 valence electrons. The van der Waals surface area contributed by atoms with Crippen LogP contribution in [-0.4, -0.2) is 44.7 Å². The van der Waals surface area contributed by atoms with E-state index in [-0.39, 0.29) is 24.5 Å². The molecule has 0 aliphatic carbocycles. The summed E-state index contributed by atoms with van der Waals surface area (Å²) in [6.45, 7) is 1.19. The summed E-state index contributed by atoms with van der Waals surface area (Å²) >= 11 is 1.80. The number of rotatable bonds is 8. The van der Waals surface area contributed by atoms with Crippen molar-refractivity contribution in [2.45, 2.75) is 44.4 Å². The summed E-state index contributed by atoms with van der Waals surface area (Å²) in [5.74, 6) is 0.111. The van der Waals surface area contributed by atoms with Crippen LogP contribution in [0.1, 0.15) is 30.4 Å². The van der Waals surface area contributed by atoms with Gasteiger partial charge in [-0.25, -0.2) is 4.79 Å². The van der Waals surface area contributed by atoms with Crippen LogP contribution >= 0.6 is 11.8 Å². The first-order valence-electron chi connectivity index (χ1n) is 10.3. The third-order valence-corrected chi connectivity index (χ3v) is 6.89. The molecule has 2 unspecified atom stereocenters. The number of unbranched alkanes of at least 4 members (excludes halogenated alkanes) is 1. The van der Waals surface area contributed by atoms with Gasteiger partial charge in [0.15, 0.2) is 0 Å². The molecule has 2 heterocycles. The normalized spacial score (nSPS) is 22.0. The number of carbonyl (C=O) groups excluding carboxylic acids is 1. The van der Waals surface area contributed by atoms with Crippen molar-refractivity contribution in [2.75, 3.05) is 5.75 Å². The summed E-state index contributed by atoms with van der Waals surface area (Å²) in [4.78, 5) is 29.4. The topological polar surface area (TPSA) is 60.9 Å². The highest BCUT2D eigenvalue weighted by Crippen LogP contribution is 2.43. The van der Waals surface area contributed by atoms with Gasteiger partial charge in [-0.05, 0) is 24.0 Å². The van der Waals surface area contributed by atoms with Gasteiger partial charge in [0.1, 0.15) is 0 Å². The number of thioether (sulfide) groups is 1. The Bertz CT molecular complexity index is 917. The molecule has 2 aliphatic heterocycles. The summed E-state index contributed by atoms with van der Waals surface area (Å²) in [5, 5.41) is 8.89. The van der Waals surface area contributed by atoms with E-state index in [1.54, 1.807) is 11.8 Å². The lowest BCUT2D eigenvalue weighted by atomic mass is 10.1. The van der Waals surface area contributed by atoms with Gasteiger partial charge in [0.2, 0.25) is 0 Å². The third kappa shape index (κ3) is 4.54. The van der Waals surface area contributed by atoms with E-state index >= 15 is 0 Å². The average Bonchev–Trinajstić information content (AvgIpc) is 3.27. The fourth-order valence-electron chi connectivity index (χ4n) is 4.18. The molecule has 0 aromatic heterocycles. The average molecular weight is 423 g/mol. The second-order valence-electron chi connectivity index (χ2n) is 7.73. The Morgan fingerprint density at radius 1 is 1.00 bits per heavy atom. The predicted molar refractivity (Wildman–Crippen MR) is 119 cm³/mol. The summed E-state index contributed by atoms with van der Waals surface area (Å²) in [6.07, 6.45) is 3.67. The van der Waals surface area contributed by atoms with Crippen LogP contribution in [0.2, 0.25) is 0 Å². The lowest BCUT2D eigenvalue weighted by Gasteiger charge is -2.23. The van der Waals surface area contributed by atoms with Gasteiger partial charge in [-0.2, -0.15) is 0 Å². The van der Waals surface area contributed by atoms with Crippen molar-refractivity contribution in [1.82, 2.24) is 9.80 Å². The molecule has 0 spiro atoms. The van der Waals surface area contributed by atoms with Crippen LogP contribution < -0.4 is 0 Å². The van der Waals surface area contributed by atoms with Crippen LogP contribution in [-0.2, 0) is 17.9 Å². The summed E-state index contributed by atoms with van der Waals surface area (Å²) in [5.41, 5.74) is 2.25. The molecule has 2 fully saturated rings. The van der Waals surface area contributed by atoms with E-state index in [9.17, 15) is 9.59 Å². The van der Waals surface area contributed by atoms with Gasteiger partial charge in [-0.3, -0.25) is 4.79 Å². The maximum absolute atomic E-state index is 13.4. The summed E-state index contributed by atoms with van der Waals surface area (Å²) < 4.78 is 0. The van der Waals surface area contributed by atoms with Crippen LogP contribution in [0.3, 0.4) is 0 Å². The van der Waals surface area contributed by atoms with Gasteiger partial charge in [-0.1, -0.05) is 66.7 Å². The SMILES string of the molecule is O=C(O)CCC/C=C1/SCC2C1N(Cc1ccccc1)C(=O)N2Cc1ccccc1. The minimum Gasteiger partial charge on any atom is -0.481 e. The molecule has 0 radical (unpaired) electrons. The van der Waals surface area contributed by atoms with Crippen molar-refractivity contribution >= 4 is 23.8 Å². The van der Waals surface area contributed by atoms with E-state index < -0.39 is 5.97 Å². The van der Waals surface area contributed by atoms with E-state index in [4.69, 9.17) is 5.11 Å². The van der Waals surface area contributed by atoms with Gasteiger partial charge >= 0.3 is 12.0 Å². The first-order valence-corrected chi connectivity index (χ1v) is 11.3. The van der Waals surface area contributed by atoms with Gasteiger partial charge < -0.3 is 14.9 Å². The van der Waals surface area contributed by atoms with Crippen molar-refractivity contribution in [3.63, 3.8) is 0 Å². The molecule has 1 N–H and O–H groups in total. The number of amides is 2. The van der Waals surface area contributed by atoms with Crippen molar-refractivity contribution < 1.29 is 14.7 Å². The smallest absolute Gasteiger partial charge is 0.321 e. The largest absolute Gasteiger partial charge is 0.481 e. The Hall–Kier alpha value is -2.73. The number of carboxylic acid groups (broad SMARTS) is 1. The Morgan fingerprint density at radius 2 is 1.60 bits per heavy atom. The third-order valence-electron chi connectivity index (χ3n) is 5.64. The number of hydrogen-bond donors (Lipinski definition) is 1.